The highest BCUT2D eigenvalue weighted by atomic mass is 127. The third kappa shape index (κ3) is 7.25. The number of esters is 2. The molecule has 0 fully saturated rings. The van der Waals surface area contributed by atoms with Crippen molar-refractivity contribution in [1.29, 1.82) is 0 Å². The van der Waals surface area contributed by atoms with Gasteiger partial charge >= 0.3 is 11.9 Å². The van der Waals surface area contributed by atoms with E-state index in [0.29, 0.717) is 51.1 Å². The average molecular weight is 832 g/mol. The van der Waals surface area contributed by atoms with E-state index >= 15 is 0 Å². The summed E-state index contributed by atoms with van der Waals surface area (Å²) < 4.78 is 31.3. The van der Waals surface area contributed by atoms with Crippen LogP contribution in [0.5, 0.6) is 17.2 Å². The number of carbonyl (C=O) groups excluding carboxylic acids is 2. The van der Waals surface area contributed by atoms with Gasteiger partial charge in [-0.25, -0.2) is 14.6 Å². The molecule has 0 N–H and O–H groups in total. The van der Waals surface area contributed by atoms with E-state index in [4.69, 9.17) is 18.9 Å². The number of ether oxygens (including phenoxy) is 5. The van der Waals surface area contributed by atoms with Gasteiger partial charge in [0.1, 0.15) is 5.75 Å². The van der Waals surface area contributed by atoms with Crippen LogP contribution >= 0.6 is 56.5 Å². The maximum atomic E-state index is 14.1. The Balaban J connectivity index is 1.94. The Hall–Kier alpha value is -2.92. The van der Waals surface area contributed by atoms with E-state index in [-0.39, 0.29) is 24.3 Å². The van der Waals surface area contributed by atoms with Gasteiger partial charge in [0.15, 0.2) is 22.9 Å². The lowest BCUT2D eigenvalue weighted by Crippen LogP contribution is -2.40. The minimum atomic E-state index is -0.853. The van der Waals surface area contributed by atoms with Crippen LogP contribution in [-0.4, -0.2) is 50.0 Å². The number of benzene rings is 2. The van der Waals surface area contributed by atoms with Crippen LogP contribution in [0, 0.1) is 7.14 Å². The van der Waals surface area contributed by atoms with E-state index in [1.165, 1.54) is 23.0 Å². The monoisotopic (exact) mass is 832 g/mol. The maximum Gasteiger partial charge on any atom is 0.343 e. The van der Waals surface area contributed by atoms with Crippen molar-refractivity contribution in [3.63, 3.8) is 0 Å². The van der Waals surface area contributed by atoms with Gasteiger partial charge in [-0.15, -0.1) is 0 Å². The zero-order chi connectivity index (χ0) is 31.3. The molecular formula is C30H30I2N2O8S. The molecule has 10 nitrogen and oxygen atoms in total. The third-order valence-electron chi connectivity index (χ3n) is 6.29. The molecule has 1 aliphatic heterocycles. The highest BCUT2D eigenvalue weighted by molar-refractivity contribution is 14.1. The molecule has 4 rings (SSSR count). The largest absolute Gasteiger partial charge is 0.492 e. The van der Waals surface area contributed by atoms with Gasteiger partial charge in [-0.05, 0) is 109 Å². The van der Waals surface area contributed by atoms with Crippen LogP contribution in [0.25, 0.3) is 6.08 Å². The Bertz CT molecular complexity index is 1760. The first-order valence-electron chi connectivity index (χ1n) is 13.4. The summed E-state index contributed by atoms with van der Waals surface area (Å²) in [5.74, 6) is 0.241. The van der Waals surface area contributed by atoms with E-state index in [1.54, 1.807) is 38.1 Å². The van der Waals surface area contributed by atoms with Gasteiger partial charge in [-0.1, -0.05) is 17.4 Å². The van der Waals surface area contributed by atoms with Crippen molar-refractivity contribution < 1.29 is 33.3 Å². The smallest absolute Gasteiger partial charge is 0.343 e. The third-order valence-corrected chi connectivity index (χ3v) is 8.69. The fraction of sp³-hybridized carbons (Fsp3) is 0.333. The molecule has 1 aliphatic rings. The second-order valence-electron chi connectivity index (χ2n) is 9.05. The van der Waals surface area contributed by atoms with Gasteiger partial charge in [0, 0.05) is 9.13 Å². The molecule has 0 amide bonds. The highest BCUT2D eigenvalue weighted by Crippen LogP contribution is 2.36. The van der Waals surface area contributed by atoms with Gasteiger partial charge < -0.3 is 23.7 Å². The van der Waals surface area contributed by atoms with Crippen LogP contribution in [0.1, 0.15) is 44.9 Å². The fourth-order valence-electron chi connectivity index (χ4n) is 4.51. The number of allylic oxidation sites excluding steroid dienone is 1. The van der Waals surface area contributed by atoms with Gasteiger partial charge in [0.25, 0.3) is 5.56 Å². The summed E-state index contributed by atoms with van der Waals surface area (Å²) >= 11 is 5.69. The van der Waals surface area contributed by atoms with Gasteiger partial charge in [0.05, 0.1) is 52.3 Å². The van der Waals surface area contributed by atoms with Crippen molar-refractivity contribution in [3.05, 3.63) is 79.6 Å². The quantitative estimate of drug-likeness (QED) is 0.207. The predicted octanol–water partition coefficient (Wildman–Crippen LogP) is 4.36. The molecule has 0 bridgehead atoms. The summed E-state index contributed by atoms with van der Waals surface area (Å²) in [6.07, 6.45) is 1.80. The molecule has 0 radical (unpaired) electrons. The number of rotatable bonds is 11. The lowest BCUT2D eigenvalue weighted by atomic mass is 9.95. The molecule has 2 heterocycles. The topological polar surface area (TPSA) is 115 Å². The second-order valence-corrected chi connectivity index (χ2v) is 12.5. The Kier molecular flexibility index (Phi) is 11.3. The SMILES string of the molecule is CCOC(=O)C1=C(C)N=c2s/c(=C/c3cc(I)cc(I)c3OCC)c(=O)n2[C@@H]1c1ccc(OCC(=O)OC)c(OCC)c1. The zero-order valence-electron chi connectivity index (χ0n) is 24.2. The van der Waals surface area contributed by atoms with Crippen molar-refractivity contribution in [1.82, 2.24) is 4.57 Å². The summed E-state index contributed by atoms with van der Waals surface area (Å²) in [6, 6.07) is 8.18. The Morgan fingerprint density at radius 2 is 1.77 bits per heavy atom. The van der Waals surface area contributed by atoms with Crippen molar-refractivity contribution in [2.45, 2.75) is 33.7 Å². The van der Waals surface area contributed by atoms with Crippen LogP contribution in [0.15, 0.2) is 51.4 Å². The standard InChI is InChI=1S/C30H30I2N2O8S/c1-6-39-22-12-17(9-10-21(22)42-15-24(35)38-5)26-25(29(37)41-8-3)16(4)33-30-34(26)28(36)23(43-30)13-18-11-19(31)14-20(32)27(18)40-7-2/h9-14,26H,6-8,15H2,1-5H3/b23-13+/t26-/m1/s1. The van der Waals surface area contributed by atoms with E-state index in [9.17, 15) is 14.4 Å². The van der Waals surface area contributed by atoms with Crippen molar-refractivity contribution in [3.8, 4) is 17.2 Å². The van der Waals surface area contributed by atoms with E-state index in [0.717, 1.165) is 12.7 Å². The normalized spacial score (nSPS) is 14.6. The Morgan fingerprint density at radius 1 is 1.02 bits per heavy atom. The summed E-state index contributed by atoms with van der Waals surface area (Å²) in [5.41, 5.74) is 1.72. The molecule has 2 aromatic carbocycles. The number of hydrogen-bond acceptors (Lipinski definition) is 10. The number of hydrogen-bond donors (Lipinski definition) is 0. The Labute approximate surface area is 279 Å². The Morgan fingerprint density at radius 3 is 2.44 bits per heavy atom. The van der Waals surface area contributed by atoms with Crippen molar-refractivity contribution in [2.24, 2.45) is 4.99 Å². The predicted molar refractivity (Wildman–Crippen MR) is 179 cm³/mol. The molecule has 0 unspecified atom stereocenters. The number of halogens is 2. The molecule has 0 saturated carbocycles. The lowest BCUT2D eigenvalue weighted by molar-refractivity contribution is -0.143. The summed E-state index contributed by atoms with van der Waals surface area (Å²) in [6.45, 7) is 7.81. The first-order chi connectivity index (χ1) is 20.6. The van der Waals surface area contributed by atoms with Crippen LogP contribution in [0.2, 0.25) is 0 Å². The number of carbonyl (C=O) groups is 2. The molecule has 13 heteroatoms. The molecule has 43 heavy (non-hydrogen) atoms. The second kappa shape index (κ2) is 14.7. The summed E-state index contributed by atoms with van der Waals surface area (Å²) in [5, 5.41) is 0. The van der Waals surface area contributed by atoms with Crippen LogP contribution < -0.4 is 29.1 Å². The molecule has 1 atom stereocenters. The number of methoxy groups -OCH3 is 1. The number of thiazole rings is 1. The summed E-state index contributed by atoms with van der Waals surface area (Å²) in [4.78, 5) is 44.2. The molecule has 0 spiro atoms. The van der Waals surface area contributed by atoms with E-state index in [2.05, 4.69) is 54.9 Å². The highest BCUT2D eigenvalue weighted by Gasteiger charge is 2.34. The minimum Gasteiger partial charge on any atom is -0.492 e. The summed E-state index contributed by atoms with van der Waals surface area (Å²) in [7, 11) is 1.27. The number of nitrogens with zero attached hydrogens (tertiary/aromatic N) is 2. The van der Waals surface area contributed by atoms with Crippen LogP contribution in [0.4, 0.5) is 0 Å². The first-order valence-corrected chi connectivity index (χ1v) is 16.4. The zero-order valence-corrected chi connectivity index (χ0v) is 29.3. The van der Waals surface area contributed by atoms with E-state index in [1.807, 2.05) is 26.0 Å². The van der Waals surface area contributed by atoms with E-state index < -0.39 is 18.0 Å². The molecule has 3 aromatic rings. The fourth-order valence-corrected chi connectivity index (χ4v) is 7.59. The molecule has 228 valence electrons. The van der Waals surface area contributed by atoms with Crippen LogP contribution in [-0.2, 0) is 19.1 Å². The van der Waals surface area contributed by atoms with Gasteiger partial charge in [0.2, 0.25) is 0 Å². The molecule has 1 aromatic heterocycles. The number of fused-ring (bicyclic) bond motifs is 1. The molecular weight excluding hydrogens is 802 g/mol. The minimum absolute atomic E-state index is 0.155. The number of aromatic nitrogens is 1. The first kappa shape index (κ1) is 33.0. The lowest BCUT2D eigenvalue weighted by Gasteiger charge is -2.25. The van der Waals surface area contributed by atoms with Gasteiger partial charge in [-0.2, -0.15) is 0 Å². The maximum absolute atomic E-state index is 14.1. The van der Waals surface area contributed by atoms with Gasteiger partial charge in [-0.3, -0.25) is 9.36 Å². The molecule has 0 saturated heterocycles. The van der Waals surface area contributed by atoms with Crippen molar-refractivity contribution >= 4 is 74.5 Å². The average Bonchev–Trinajstić information content (AvgIpc) is 3.27. The van der Waals surface area contributed by atoms with Crippen molar-refractivity contribution in [2.75, 3.05) is 33.5 Å². The van der Waals surface area contributed by atoms with Crippen LogP contribution in [0.3, 0.4) is 0 Å². The molecule has 0 aliphatic carbocycles.